The molecule has 0 rings (SSSR count). The first kappa shape index (κ1) is 28.1. The Hall–Kier alpha value is 0.300. The molecule has 0 heterocycles. The molecule has 0 aromatic heterocycles. The number of carbonyl (C=O) groups is 1. The van der Waals surface area contributed by atoms with Gasteiger partial charge in [-0.1, -0.05) is 58.3 Å². The van der Waals surface area contributed by atoms with E-state index in [1.165, 1.54) is 44.9 Å². The van der Waals surface area contributed by atoms with Crippen LogP contribution in [-0.4, -0.2) is 41.8 Å². The zero-order valence-electron chi connectivity index (χ0n) is 15.4. The van der Waals surface area contributed by atoms with Gasteiger partial charge in [-0.25, -0.2) is 0 Å². The first-order valence-corrected chi connectivity index (χ1v) is 9.17. The van der Waals surface area contributed by atoms with E-state index in [1.807, 2.05) is 0 Å². The van der Waals surface area contributed by atoms with Gasteiger partial charge in [-0.3, -0.25) is 13.9 Å². The zero-order chi connectivity index (χ0) is 17.3. The van der Waals surface area contributed by atoms with E-state index < -0.39 is 10.4 Å². The number of unbranched alkanes of at least 4 members (excludes halogenated alkanes) is 8. The Balaban J connectivity index is -0.000000250. The maximum atomic E-state index is 11.1. The number of aliphatic hydroxyl groups excluding tert-OH is 1. The van der Waals surface area contributed by atoms with Crippen LogP contribution in [0.1, 0.15) is 72.6 Å². The average Bonchev–Trinajstić information content (AvgIpc) is 2.41. The summed E-state index contributed by atoms with van der Waals surface area (Å²) < 4.78 is 36.4. The SMILES string of the molecule is CCCCCCCCCCCC(=O)OCCO.O=S(=O)(O)O.[H-].[Na+]. The maximum absolute atomic E-state index is 11.1. The second-order valence-electron chi connectivity index (χ2n) is 4.97. The monoisotopic (exact) mass is 366 g/mol. The van der Waals surface area contributed by atoms with Crippen LogP contribution in [0, 0.1) is 0 Å². The minimum atomic E-state index is -4.67. The molecule has 0 saturated carbocycles. The van der Waals surface area contributed by atoms with Crippen LogP contribution in [0.25, 0.3) is 0 Å². The summed E-state index contributed by atoms with van der Waals surface area (Å²) in [6.45, 7) is 2.29. The van der Waals surface area contributed by atoms with Crippen molar-refractivity contribution in [1.29, 1.82) is 0 Å². The Bertz CT molecular complexity index is 345. The van der Waals surface area contributed by atoms with Gasteiger partial charge in [0.15, 0.2) is 0 Å². The Labute approximate surface area is 163 Å². The van der Waals surface area contributed by atoms with Gasteiger partial charge in [-0.2, -0.15) is 8.42 Å². The molecule has 0 aliphatic carbocycles. The third kappa shape index (κ3) is 39.3. The summed E-state index contributed by atoms with van der Waals surface area (Å²) in [6.07, 6.45) is 11.7. The summed E-state index contributed by atoms with van der Waals surface area (Å²) in [5.74, 6) is -0.179. The van der Waals surface area contributed by atoms with Gasteiger partial charge in [0.05, 0.1) is 6.61 Å². The Morgan fingerprint density at radius 1 is 0.957 bits per heavy atom. The van der Waals surface area contributed by atoms with Gasteiger partial charge in [0.1, 0.15) is 6.61 Å². The van der Waals surface area contributed by atoms with Crippen molar-refractivity contribution in [2.75, 3.05) is 13.2 Å². The van der Waals surface area contributed by atoms with E-state index in [4.69, 9.17) is 27.4 Å². The predicted molar refractivity (Wildman–Crippen MR) is 85.2 cm³/mol. The Kier molecular flexibility index (Phi) is 24.9. The number of esters is 1. The minimum Gasteiger partial charge on any atom is -1.00 e. The molecule has 0 amide bonds. The van der Waals surface area contributed by atoms with Crippen molar-refractivity contribution in [3.8, 4) is 0 Å². The molecule has 0 bridgehead atoms. The van der Waals surface area contributed by atoms with Crippen LogP contribution in [0.5, 0.6) is 0 Å². The van der Waals surface area contributed by atoms with E-state index in [0.29, 0.717) is 6.42 Å². The number of ether oxygens (including phenoxy) is 1. The minimum absolute atomic E-state index is 0. The Morgan fingerprint density at radius 3 is 1.74 bits per heavy atom. The summed E-state index contributed by atoms with van der Waals surface area (Å²) in [5, 5.41) is 8.47. The second kappa shape index (κ2) is 20.3. The summed E-state index contributed by atoms with van der Waals surface area (Å²) >= 11 is 0. The molecule has 0 spiro atoms. The summed E-state index contributed by atoms with van der Waals surface area (Å²) in [6, 6.07) is 0. The molecule has 0 aliphatic rings. The molecule has 0 saturated heterocycles. The number of hydrogen-bond donors (Lipinski definition) is 3. The van der Waals surface area contributed by atoms with Gasteiger partial charge in [0.25, 0.3) is 0 Å². The molecule has 23 heavy (non-hydrogen) atoms. The standard InChI is InChI=1S/C14H28O3.Na.H2O4S.H/c1-2-3-4-5-6-7-8-9-10-11-14(16)17-13-12-15;;1-5(2,3)4;/h15H,2-13H2,1H3;;(H2,1,2,3,4);/q;+1;;-1. The molecule has 7 nitrogen and oxygen atoms in total. The number of hydrogen-bond acceptors (Lipinski definition) is 5. The molecule has 0 radical (unpaired) electrons. The molecule has 0 fully saturated rings. The van der Waals surface area contributed by atoms with Crippen LogP contribution in [0.3, 0.4) is 0 Å². The summed E-state index contributed by atoms with van der Waals surface area (Å²) in [4.78, 5) is 11.1. The third-order valence-corrected chi connectivity index (χ3v) is 2.84. The van der Waals surface area contributed by atoms with Gasteiger partial charge >= 0.3 is 45.9 Å². The number of rotatable bonds is 12. The molecular weight excluding hydrogens is 335 g/mol. The largest absolute Gasteiger partial charge is 1.00 e. The van der Waals surface area contributed by atoms with Crippen LogP contribution in [0.15, 0.2) is 0 Å². The molecule has 0 aromatic rings. The topological polar surface area (TPSA) is 121 Å². The zero-order valence-corrected chi connectivity index (χ0v) is 17.2. The van der Waals surface area contributed by atoms with Crippen LogP contribution in [0.4, 0.5) is 0 Å². The fourth-order valence-corrected chi connectivity index (χ4v) is 1.81. The summed E-state index contributed by atoms with van der Waals surface area (Å²) in [5.41, 5.74) is 0. The molecule has 136 valence electrons. The van der Waals surface area contributed by atoms with Crippen molar-refractivity contribution in [1.82, 2.24) is 0 Å². The summed E-state index contributed by atoms with van der Waals surface area (Å²) in [7, 11) is -4.67. The van der Waals surface area contributed by atoms with E-state index in [9.17, 15) is 4.79 Å². The first-order chi connectivity index (χ1) is 10.3. The van der Waals surface area contributed by atoms with Gasteiger partial charge < -0.3 is 11.3 Å². The van der Waals surface area contributed by atoms with Gasteiger partial charge in [0, 0.05) is 6.42 Å². The van der Waals surface area contributed by atoms with Gasteiger partial charge in [-0.15, -0.1) is 0 Å². The van der Waals surface area contributed by atoms with Gasteiger partial charge in [0.2, 0.25) is 0 Å². The smallest absolute Gasteiger partial charge is 1.00 e. The molecule has 0 unspecified atom stereocenters. The predicted octanol–water partition coefficient (Wildman–Crippen LogP) is -0.0935. The van der Waals surface area contributed by atoms with Crippen molar-refractivity contribution in [2.24, 2.45) is 0 Å². The maximum Gasteiger partial charge on any atom is 1.00 e. The molecular formula is C14H31NaO7S. The molecule has 0 aliphatic heterocycles. The van der Waals surface area contributed by atoms with Crippen LogP contribution in [0.2, 0.25) is 0 Å². The molecule has 0 aromatic carbocycles. The van der Waals surface area contributed by atoms with Crippen LogP contribution >= 0.6 is 0 Å². The van der Waals surface area contributed by atoms with Crippen molar-refractivity contribution in [2.45, 2.75) is 71.1 Å². The first-order valence-electron chi connectivity index (χ1n) is 7.77. The normalized spacial score (nSPS) is 10.3. The quantitative estimate of drug-likeness (QED) is 0.191. The fourth-order valence-electron chi connectivity index (χ4n) is 1.81. The molecule has 9 heteroatoms. The van der Waals surface area contributed by atoms with E-state index in [-0.39, 0.29) is 50.2 Å². The van der Waals surface area contributed by atoms with Crippen molar-refractivity contribution >= 4 is 16.4 Å². The van der Waals surface area contributed by atoms with Crippen molar-refractivity contribution in [3.05, 3.63) is 0 Å². The van der Waals surface area contributed by atoms with Crippen molar-refractivity contribution < 1.29 is 63.1 Å². The molecule has 3 N–H and O–H groups in total. The third-order valence-electron chi connectivity index (χ3n) is 2.84. The van der Waals surface area contributed by atoms with E-state index >= 15 is 0 Å². The second-order valence-corrected chi connectivity index (χ2v) is 5.87. The van der Waals surface area contributed by atoms with E-state index in [2.05, 4.69) is 6.92 Å². The van der Waals surface area contributed by atoms with E-state index in [1.54, 1.807) is 0 Å². The number of carbonyl (C=O) groups excluding carboxylic acids is 1. The fraction of sp³-hybridized carbons (Fsp3) is 0.929. The van der Waals surface area contributed by atoms with Gasteiger partial charge in [-0.05, 0) is 6.42 Å². The Morgan fingerprint density at radius 2 is 1.35 bits per heavy atom. The van der Waals surface area contributed by atoms with E-state index in [0.717, 1.165) is 12.8 Å². The number of aliphatic hydroxyl groups is 1. The van der Waals surface area contributed by atoms with Crippen molar-refractivity contribution in [3.63, 3.8) is 0 Å². The van der Waals surface area contributed by atoms with Crippen LogP contribution < -0.4 is 29.6 Å². The average molecular weight is 366 g/mol. The van der Waals surface area contributed by atoms with Crippen LogP contribution in [-0.2, 0) is 19.9 Å². The molecule has 0 atom stereocenters.